The standard InChI is InChI=1S/C29H36BrN3O6/c1-14-8-9-29(16(3)11-15(2)27(39-29)17(4)26(34)19-7-6-10-32-19)38-20(14)13-22-33-25-21(37-22)12-18(30)24(31-5)23(25)28(35)36/h6-7,10,12,14-17,20,27,31-32H,8-9,11,13H2,1-5H3,(H,35,36)/t14-,15+,16+,17+,20-,27-,29-/m0/s1. The Balaban J connectivity index is 1.40. The molecular formula is C29H36BrN3O6. The number of Topliss-reactive ketones (excluding diaryl/α,β-unsaturated/α-hetero) is 1. The lowest BCUT2D eigenvalue weighted by atomic mass is 9.75. The first-order valence-electron chi connectivity index (χ1n) is 13.6. The predicted molar refractivity (Wildman–Crippen MR) is 150 cm³/mol. The molecule has 0 unspecified atom stereocenters. The van der Waals surface area contributed by atoms with Gasteiger partial charge in [0.15, 0.2) is 23.0 Å². The van der Waals surface area contributed by atoms with E-state index in [1.165, 1.54) is 0 Å². The van der Waals surface area contributed by atoms with Crippen LogP contribution in [0.4, 0.5) is 5.69 Å². The Morgan fingerprint density at radius 1 is 1.28 bits per heavy atom. The maximum atomic E-state index is 13.2. The maximum absolute atomic E-state index is 13.2. The number of carboxylic acid groups (broad SMARTS) is 1. The number of oxazole rings is 1. The van der Waals surface area contributed by atoms with Crippen molar-refractivity contribution >= 4 is 44.5 Å². The Kier molecular flexibility index (Phi) is 7.65. The summed E-state index contributed by atoms with van der Waals surface area (Å²) >= 11 is 3.43. The van der Waals surface area contributed by atoms with Gasteiger partial charge in [-0.3, -0.25) is 4.79 Å². The Hall–Kier alpha value is -2.69. The van der Waals surface area contributed by atoms with Gasteiger partial charge in [-0.05, 0) is 58.8 Å². The Bertz CT molecular complexity index is 1370. The number of aromatic nitrogens is 2. The fourth-order valence-electron chi connectivity index (χ4n) is 6.34. The third-order valence-electron chi connectivity index (χ3n) is 8.60. The van der Waals surface area contributed by atoms with Crippen molar-refractivity contribution in [2.75, 3.05) is 12.4 Å². The lowest BCUT2D eigenvalue weighted by molar-refractivity contribution is -0.355. The highest BCUT2D eigenvalue weighted by molar-refractivity contribution is 9.10. The first-order valence-corrected chi connectivity index (χ1v) is 14.4. The second kappa shape index (κ2) is 10.7. The predicted octanol–water partition coefficient (Wildman–Crippen LogP) is 6.29. The summed E-state index contributed by atoms with van der Waals surface area (Å²) in [5.41, 5.74) is 1.80. The number of ether oxygens (including phenoxy) is 2. The van der Waals surface area contributed by atoms with Crippen LogP contribution in [-0.4, -0.2) is 51.9 Å². The first-order chi connectivity index (χ1) is 18.5. The molecule has 0 bridgehead atoms. The van der Waals surface area contributed by atoms with Gasteiger partial charge in [0.25, 0.3) is 0 Å². The van der Waals surface area contributed by atoms with E-state index in [1.54, 1.807) is 25.4 Å². The number of H-pyrrole nitrogens is 1. The van der Waals surface area contributed by atoms with E-state index in [9.17, 15) is 14.7 Å². The number of ketones is 1. The van der Waals surface area contributed by atoms with Crippen LogP contribution in [0.15, 0.2) is 33.3 Å². The number of halogens is 1. The maximum Gasteiger partial charge on any atom is 0.340 e. The number of rotatable bonds is 7. The van der Waals surface area contributed by atoms with Crippen molar-refractivity contribution in [2.45, 2.75) is 71.4 Å². The summed E-state index contributed by atoms with van der Waals surface area (Å²) in [6, 6.07) is 5.36. The van der Waals surface area contributed by atoms with Crippen LogP contribution in [0.1, 0.15) is 73.7 Å². The van der Waals surface area contributed by atoms with Gasteiger partial charge in [-0.15, -0.1) is 0 Å². The second-order valence-corrected chi connectivity index (χ2v) is 12.1. The molecular weight excluding hydrogens is 566 g/mol. The number of hydrogen-bond acceptors (Lipinski definition) is 7. The average molecular weight is 603 g/mol. The van der Waals surface area contributed by atoms with Crippen molar-refractivity contribution in [2.24, 2.45) is 23.7 Å². The Morgan fingerprint density at radius 2 is 2.05 bits per heavy atom. The minimum absolute atomic E-state index is 0.0371. The van der Waals surface area contributed by atoms with Crippen LogP contribution in [0.25, 0.3) is 11.1 Å². The molecule has 39 heavy (non-hydrogen) atoms. The molecule has 9 nitrogen and oxygen atoms in total. The quantitative estimate of drug-likeness (QED) is 0.269. The molecule has 1 aromatic carbocycles. The van der Waals surface area contributed by atoms with Crippen molar-refractivity contribution in [3.8, 4) is 0 Å². The third-order valence-corrected chi connectivity index (χ3v) is 9.22. The summed E-state index contributed by atoms with van der Waals surface area (Å²) in [5, 5.41) is 12.8. The van der Waals surface area contributed by atoms with Crippen molar-refractivity contribution in [3.63, 3.8) is 0 Å². The summed E-state index contributed by atoms with van der Waals surface area (Å²) in [6.45, 7) is 8.38. The van der Waals surface area contributed by atoms with E-state index in [2.05, 4.69) is 52.0 Å². The second-order valence-electron chi connectivity index (χ2n) is 11.2. The highest BCUT2D eigenvalue weighted by Crippen LogP contribution is 2.48. The fourth-order valence-corrected chi connectivity index (χ4v) is 6.94. The number of fused-ring (bicyclic) bond motifs is 1. The van der Waals surface area contributed by atoms with Gasteiger partial charge in [-0.2, -0.15) is 0 Å². The molecule has 2 aliphatic rings. The number of anilines is 1. The van der Waals surface area contributed by atoms with Crippen LogP contribution in [-0.2, 0) is 15.9 Å². The Morgan fingerprint density at radius 3 is 2.72 bits per heavy atom. The molecule has 0 aliphatic carbocycles. The van der Waals surface area contributed by atoms with E-state index in [4.69, 9.17) is 13.9 Å². The van der Waals surface area contributed by atoms with Crippen molar-refractivity contribution < 1.29 is 28.6 Å². The van der Waals surface area contributed by atoms with E-state index in [0.717, 1.165) is 19.3 Å². The lowest BCUT2D eigenvalue weighted by Crippen LogP contribution is -2.58. The SMILES string of the molecule is CNc1c(Br)cc2oc(C[C@@H]3O[C@@]4(CC[C@@H]3C)O[C@H]([C@H](C)C(=O)c3ccc[nH]3)[C@H](C)C[C@H]4C)nc2c1C(=O)O. The number of carbonyl (C=O) groups is 2. The molecule has 2 aliphatic heterocycles. The highest BCUT2D eigenvalue weighted by atomic mass is 79.9. The summed E-state index contributed by atoms with van der Waals surface area (Å²) < 4.78 is 20.2. The smallest absolute Gasteiger partial charge is 0.340 e. The average Bonchev–Trinajstić information content (AvgIpc) is 3.56. The van der Waals surface area contributed by atoms with Gasteiger partial charge in [-0.25, -0.2) is 9.78 Å². The summed E-state index contributed by atoms with van der Waals surface area (Å²) in [6.07, 6.45) is 4.16. The van der Waals surface area contributed by atoms with E-state index in [-0.39, 0.29) is 47.2 Å². The first kappa shape index (κ1) is 27.9. The van der Waals surface area contributed by atoms with E-state index in [0.29, 0.717) is 39.3 Å². The number of carbonyl (C=O) groups excluding carboxylic acids is 1. The van der Waals surface area contributed by atoms with Crippen LogP contribution in [0.3, 0.4) is 0 Å². The number of nitrogens with one attached hydrogen (secondary N) is 2. The largest absolute Gasteiger partial charge is 0.478 e. The fraction of sp³-hybridized carbons (Fsp3) is 0.552. The summed E-state index contributed by atoms with van der Waals surface area (Å²) in [4.78, 5) is 32.9. The summed E-state index contributed by atoms with van der Waals surface area (Å²) in [7, 11) is 1.67. The minimum Gasteiger partial charge on any atom is -0.478 e. The summed E-state index contributed by atoms with van der Waals surface area (Å²) in [5.74, 6) is -1.19. The zero-order valence-corrected chi connectivity index (χ0v) is 24.5. The molecule has 0 amide bonds. The Labute approximate surface area is 236 Å². The van der Waals surface area contributed by atoms with Gasteiger partial charge < -0.3 is 29.3 Å². The van der Waals surface area contributed by atoms with E-state index < -0.39 is 11.8 Å². The van der Waals surface area contributed by atoms with Crippen molar-refractivity contribution in [3.05, 3.63) is 46.0 Å². The van der Waals surface area contributed by atoms with Gasteiger partial charge in [0.2, 0.25) is 0 Å². The minimum atomic E-state index is -1.08. The zero-order chi connectivity index (χ0) is 28.1. The van der Waals surface area contributed by atoms with Gasteiger partial charge >= 0.3 is 5.97 Å². The third kappa shape index (κ3) is 5.02. The molecule has 4 heterocycles. The molecule has 2 fully saturated rings. The number of aromatic carboxylic acids is 1. The number of carboxylic acids is 1. The van der Waals surface area contributed by atoms with Crippen LogP contribution < -0.4 is 5.32 Å². The normalized spacial score (nSPS) is 29.9. The van der Waals surface area contributed by atoms with E-state index >= 15 is 0 Å². The molecule has 5 rings (SSSR count). The van der Waals surface area contributed by atoms with Gasteiger partial charge in [0.05, 0.1) is 30.0 Å². The molecule has 2 saturated heterocycles. The molecule has 210 valence electrons. The molecule has 7 atom stereocenters. The van der Waals surface area contributed by atoms with Crippen LogP contribution >= 0.6 is 15.9 Å². The highest BCUT2D eigenvalue weighted by Gasteiger charge is 2.52. The topological polar surface area (TPSA) is 127 Å². The van der Waals surface area contributed by atoms with E-state index in [1.807, 2.05) is 13.0 Å². The van der Waals surface area contributed by atoms with Crippen LogP contribution in [0.2, 0.25) is 0 Å². The molecule has 3 N–H and O–H groups in total. The molecule has 10 heteroatoms. The molecule has 3 aromatic rings. The molecule has 2 aromatic heterocycles. The van der Waals surface area contributed by atoms with Crippen LogP contribution in [0.5, 0.6) is 0 Å². The number of hydrogen-bond donors (Lipinski definition) is 3. The molecule has 1 spiro atoms. The lowest BCUT2D eigenvalue weighted by Gasteiger charge is -2.53. The van der Waals surface area contributed by atoms with Crippen molar-refractivity contribution in [1.29, 1.82) is 0 Å². The number of benzene rings is 1. The van der Waals surface area contributed by atoms with Gasteiger partial charge in [-0.1, -0.05) is 27.7 Å². The van der Waals surface area contributed by atoms with Gasteiger partial charge in [0.1, 0.15) is 11.1 Å². The molecule has 0 saturated carbocycles. The van der Waals surface area contributed by atoms with Gasteiger partial charge in [0, 0.05) is 36.0 Å². The number of nitrogens with zero attached hydrogens (tertiary/aromatic N) is 1. The monoisotopic (exact) mass is 601 g/mol. The number of aromatic amines is 1. The van der Waals surface area contributed by atoms with Crippen molar-refractivity contribution in [1.82, 2.24) is 9.97 Å². The van der Waals surface area contributed by atoms with Crippen LogP contribution in [0, 0.1) is 23.7 Å². The molecule has 0 radical (unpaired) electrons. The zero-order valence-electron chi connectivity index (χ0n) is 22.9.